The summed E-state index contributed by atoms with van der Waals surface area (Å²) in [7, 11) is 0. The van der Waals surface area contributed by atoms with Crippen molar-refractivity contribution < 1.29 is 9.53 Å². The van der Waals surface area contributed by atoms with Crippen LogP contribution in [0.1, 0.15) is 20.8 Å². The van der Waals surface area contributed by atoms with E-state index in [1.54, 1.807) is 0 Å². The lowest BCUT2D eigenvalue weighted by Crippen LogP contribution is -2.42. The average Bonchev–Trinajstić information content (AvgIpc) is 2.50. The van der Waals surface area contributed by atoms with Crippen LogP contribution >= 0.6 is 0 Å². The molecule has 0 fully saturated rings. The van der Waals surface area contributed by atoms with Gasteiger partial charge in [-0.2, -0.15) is 0 Å². The summed E-state index contributed by atoms with van der Waals surface area (Å²) in [5.74, 6) is 1.02. The van der Waals surface area contributed by atoms with Gasteiger partial charge in [-0.3, -0.25) is 9.69 Å². The molecular formula is C16H26N2O2. The molecule has 0 spiro atoms. The van der Waals surface area contributed by atoms with E-state index in [2.05, 4.69) is 18.7 Å². The van der Waals surface area contributed by atoms with E-state index in [1.165, 1.54) is 0 Å². The standard InChI is InChI=1S/C16H26N2O2/c1-4-17(5-2)14-16(19)18(6-3)12-13-20-15-10-8-7-9-11-15/h7-11H,4-6,12-14H2,1-3H3. The normalized spacial score (nSPS) is 10.6. The third-order valence-corrected chi connectivity index (χ3v) is 3.36. The van der Waals surface area contributed by atoms with Gasteiger partial charge in [-0.05, 0) is 32.1 Å². The van der Waals surface area contributed by atoms with Gasteiger partial charge in [0.1, 0.15) is 12.4 Å². The van der Waals surface area contributed by atoms with E-state index < -0.39 is 0 Å². The van der Waals surface area contributed by atoms with Crippen LogP contribution < -0.4 is 4.74 Å². The van der Waals surface area contributed by atoms with Crippen molar-refractivity contribution in [2.45, 2.75) is 20.8 Å². The van der Waals surface area contributed by atoms with Gasteiger partial charge in [-0.1, -0.05) is 32.0 Å². The monoisotopic (exact) mass is 278 g/mol. The molecule has 1 aromatic rings. The van der Waals surface area contributed by atoms with Crippen LogP contribution in [0.3, 0.4) is 0 Å². The fraction of sp³-hybridized carbons (Fsp3) is 0.562. The zero-order valence-corrected chi connectivity index (χ0v) is 12.8. The predicted molar refractivity (Wildman–Crippen MR) is 82.0 cm³/mol. The number of rotatable bonds is 9. The highest BCUT2D eigenvalue weighted by Gasteiger charge is 2.14. The van der Waals surface area contributed by atoms with Crippen LogP contribution in [0.4, 0.5) is 0 Å². The van der Waals surface area contributed by atoms with Crippen LogP contribution in [0.5, 0.6) is 5.75 Å². The smallest absolute Gasteiger partial charge is 0.236 e. The number of likely N-dealkylation sites (N-methyl/N-ethyl adjacent to an activating group) is 2. The second-order valence-electron chi connectivity index (χ2n) is 4.60. The minimum absolute atomic E-state index is 0.174. The molecule has 0 saturated carbocycles. The number of nitrogens with zero attached hydrogens (tertiary/aromatic N) is 2. The Labute approximate surface area is 122 Å². The molecule has 0 aromatic heterocycles. The Kier molecular flexibility index (Phi) is 7.73. The Balaban J connectivity index is 2.37. The van der Waals surface area contributed by atoms with Crippen LogP contribution in [0, 0.1) is 0 Å². The minimum Gasteiger partial charge on any atom is -0.492 e. The van der Waals surface area contributed by atoms with Crippen LogP contribution in [-0.4, -0.2) is 55.0 Å². The lowest BCUT2D eigenvalue weighted by molar-refractivity contribution is -0.132. The molecule has 0 radical (unpaired) electrons. The molecule has 4 heteroatoms. The molecule has 0 heterocycles. The van der Waals surface area contributed by atoms with E-state index in [0.717, 1.165) is 25.4 Å². The lowest BCUT2D eigenvalue weighted by Gasteiger charge is -2.25. The molecule has 0 unspecified atom stereocenters. The minimum atomic E-state index is 0.174. The number of carbonyl (C=O) groups excluding carboxylic acids is 1. The maximum absolute atomic E-state index is 12.2. The summed E-state index contributed by atoms with van der Waals surface area (Å²) in [6, 6.07) is 9.69. The first-order valence-electron chi connectivity index (χ1n) is 7.39. The molecule has 0 N–H and O–H groups in total. The van der Waals surface area contributed by atoms with Gasteiger partial charge in [0, 0.05) is 6.54 Å². The molecule has 0 aliphatic rings. The van der Waals surface area contributed by atoms with Crippen molar-refractivity contribution in [2.75, 3.05) is 39.3 Å². The average molecular weight is 278 g/mol. The number of hydrogen-bond donors (Lipinski definition) is 0. The highest BCUT2D eigenvalue weighted by atomic mass is 16.5. The fourth-order valence-corrected chi connectivity index (χ4v) is 1.99. The first kappa shape index (κ1) is 16.5. The zero-order valence-electron chi connectivity index (χ0n) is 12.8. The molecule has 0 aliphatic carbocycles. The Morgan fingerprint density at radius 2 is 1.70 bits per heavy atom. The number of benzene rings is 1. The van der Waals surface area contributed by atoms with Crippen LogP contribution in [0.25, 0.3) is 0 Å². The van der Waals surface area contributed by atoms with Crippen molar-refractivity contribution in [3.05, 3.63) is 30.3 Å². The van der Waals surface area contributed by atoms with Gasteiger partial charge in [-0.15, -0.1) is 0 Å². The first-order chi connectivity index (χ1) is 9.71. The maximum atomic E-state index is 12.2. The Hall–Kier alpha value is -1.55. The highest BCUT2D eigenvalue weighted by Crippen LogP contribution is 2.08. The van der Waals surface area contributed by atoms with Crippen molar-refractivity contribution in [2.24, 2.45) is 0 Å². The van der Waals surface area contributed by atoms with Crippen molar-refractivity contribution >= 4 is 5.91 Å². The van der Waals surface area contributed by atoms with E-state index in [-0.39, 0.29) is 5.91 Å². The van der Waals surface area contributed by atoms with Gasteiger partial charge in [-0.25, -0.2) is 0 Å². The van der Waals surface area contributed by atoms with Gasteiger partial charge in [0.25, 0.3) is 0 Å². The highest BCUT2D eigenvalue weighted by molar-refractivity contribution is 5.78. The van der Waals surface area contributed by atoms with Crippen molar-refractivity contribution in [3.8, 4) is 5.75 Å². The van der Waals surface area contributed by atoms with E-state index in [1.807, 2.05) is 42.2 Å². The molecule has 0 bridgehead atoms. The summed E-state index contributed by atoms with van der Waals surface area (Å²) in [5.41, 5.74) is 0. The second kappa shape index (κ2) is 9.37. The van der Waals surface area contributed by atoms with Gasteiger partial charge >= 0.3 is 0 Å². The number of amides is 1. The zero-order chi connectivity index (χ0) is 14.8. The maximum Gasteiger partial charge on any atom is 0.236 e. The van der Waals surface area contributed by atoms with Crippen molar-refractivity contribution in [1.29, 1.82) is 0 Å². The Bertz CT molecular complexity index is 377. The second-order valence-corrected chi connectivity index (χ2v) is 4.60. The van der Waals surface area contributed by atoms with E-state index >= 15 is 0 Å². The molecule has 0 atom stereocenters. The van der Waals surface area contributed by atoms with E-state index in [0.29, 0.717) is 19.7 Å². The molecule has 1 amide bonds. The number of ether oxygens (including phenoxy) is 1. The topological polar surface area (TPSA) is 32.8 Å². The summed E-state index contributed by atoms with van der Waals surface area (Å²) < 4.78 is 5.64. The lowest BCUT2D eigenvalue weighted by atomic mass is 10.3. The van der Waals surface area contributed by atoms with Gasteiger partial charge < -0.3 is 9.64 Å². The van der Waals surface area contributed by atoms with Crippen molar-refractivity contribution in [3.63, 3.8) is 0 Å². The molecule has 4 nitrogen and oxygen atoms in total. The largest absolute Gasteiger partial charge is 0.492 e. The number of para-hydroxylation sites is 1. The summed E-state index contributed by atoms with van der Waals surface area (Å²) in [6.45, 7) is 10.3. The molecule has 1 rings (SSSR count). The molecular weight excluding hydrogens is 252 g/mol. The summed E-state index contributed by atoms with van der Waals surface area (Å²) in [4.78, 5) is 16.2. The van der Waals surface area contributed by atoms with Crippen LogP contribution in [-0.2, 0) is 4.79 Å². The fourth-order valence-electron chi connectivity index (χ4n) is 1.99. The summed E-state index contributed by atoms with van der Waals surface area (Å²) >= 11 is 0. The number of hydrogen-bond acceptors (Lipinski definition) is 3. The molecule has 0 saturated heterocycles. The molecule has 20 heavy (non-hydrogen) atoms. The van der Waals surface area contributed by atoms with Gasteiger partial charge in [0.05, 0.1) is 13.1 Å². The third-order valence-electron chi connectivity index (χ3n) is 3.36. The van der Waals surface area contributed by atoms with Gasteiger partial charge in [0.2, 0.25) is 5.91 Å². The number of carbonyl (C=O) groups is 1. The summed E-state index contributed by atoms with van der Waals surface area (Å²) in [5, 5.41) is 0. The third kappa shape index (κ3) is 5.61. The quantitative estimate of drug-likeness (QED) is 0.694. The first-order valence-corrected chi connectivity index (χ1v) is 7.39. The Morgan fingerprint density at radius 1 is 1.05 bits per heavy atom. The SMILES string of the molecule is CCN(CC)CC(=O)N(CC)CCOc1ccccc1. The van der Waals surface area contributed by atoms with Crippen LogP contribution in [0.2, 0.25) is 0 Å². The van der Waals surface area contributed by atoms with Crippen molar-refractivity contribution in [1.82, 2.24) is 9.80 Å². The van der Waals surface area contributed by atoms with Gasteiger partial charge in [0.15, 0.2) is 0 Å². The molecule has 1 aromatic carbocycles. The molecule has 112 valence electrons. The van der Waals surface area contributed by atoms with Crippen LogP contribution in [0.15, 0.2) is 30.3 Å². The molecule has 0 aliphatic heterocycles. The summed E-state index contributed by atoms with van der Waals surface area (Å²) in [6.07, 6.45) is 0. The van der Waals surface area contributed by atoms with E-state index in [4.69, 9.17) is 4.74 Å². The van der Waals surface area contributed by atoms with E-state index in [9.17, 15) is 4.79 Å². The Morgan fingerprint density at radius 3 is 2.25 bits per heavy atom. The predicted octanol–water partition coefficient (Wildman–Crippen LogP) is 2.26.